The third-order valence-electron chi connectivity index (χ3n) is 3.70. The number of carbonyl (C=O) groups is 2. The van der Waals surface area contributed by atoms with Crippen LogP contribution in [0.2, 0.25) is 0 Å². The normalized spacial score (nSPS) is 15.5. The van der Waals surface area contributed by atoms with E-state index in [1.54, 1.807) is 12.1 Å². The van der Waals surface area contributed by atoms with E-state index < -0.39 is 30.4 Å². The fourth-order valence-corrected chi connectivity index (χ4v) is 2.20. The monoisotopic (exact) mass is 361 g/mol. The number of nitrogens with one attached hydrogen (secondary N) is 1. The van der Waals surface area contributed by atoms with Crippen LogP contribution < -0.4 is 5.48 Å². The molecule has 8 nitrogen and oxygen atoms in total. The molecule has 0 saturated heterocycles. The number of aliphatic hydroxyl groups excluding tert-OH is 3. The molecule has 0 aromatic heterocycles. The summed E-state index contributed by atoms with van der Waals surface area (Å²) in [6, 6.07) is 16.6. The first-order valence-electron chi connectivity index (χ1n) is 7.73. The Kier molecular flexibility index (Phi) is 6.81. The molecule has 0 radical (unpaired) electrons. The van der Waals surface area contributed by atoms with Crippen LogP contribution in [0.1, 0.15) is 0 Å². The molecular formula is C18H19NO7. The van der Waals surface area contributed by atoms with E-state index in [4.69, 9.17) is 9.94 Å². The molecule has 138 valence electrons. The molecular weight excluding hydrogens is 342 g/mol. The summed E-state index contributed by atoms with van der Waals surface area (Å²) in [6.45, 7) is 0. The van der Waals surface area contributed by atoms with Crippen molar-refractivity contribution in [2.24, 2.45) is 0 Å². The van der Waals surface area contributed by atoms with Crippen molar-refractivity contribution < 1.29 is 34.9 Å². The van der Waals surface area contributed by atoms with Gasteiger partial charge in [-0.3, -0.25) is 10.3 Å². The molecule has 0 spiro atoms. The smallest absolute Gasteiger partial charge is 0.335 e. The summed E-state index contributed by atoms with van der Waals surface area (Å²) < 4.78 is 0. The number of anilines is 1. The Labute approximate surface area is 149 Å². The Morgan fingerprint density at radius 3 is 2.04 bits per heavy atom. The van der Waals surface area contributed by atoms with Gasteiger partial charge in [0.1, 0.15) is 12.2 Å². The minimum Gasteiger partial charge on any atom is -0.479 e. The van der Waals surface area contributed by atoms with E-state index in [1.807, 2.05) is 42.5 Å². The highest BCUT2D eigenvalue weighted by atomic mass is 16.7. The van der Waals surface area contributed by atoms with E-state index in [0.29, 0.717) is 5.69 Å². The number of hydrogen-bond donors (Lipinski definition) is 5. The fraction of sp³-hybridized carbons (Fsp3) is 0.222. The lowest BCUT2D eigenvalue weighted by atomic mass is 10.0. The molecule has 4 atom stereocenters. The molecule has 5 N–H and O–H groups in total. The molecule has 0 aliphatic carbocycles. The van der Waals surface area contributed by atoms with Gasteiger partial charge in [0.15, 0.2) is 18.5 Å². The first kappa shape index (κ1) is 19.5. The van der Waals surface area contributed by atoms with Crippen LogP contribution in [0.25, 0.3) is 11.1 Å². The van der Waals surface area contributed by atoms with Gasteiger partial charge in [0.2, 0.25) is 0 Å². The maximum absolute atomic E-state index is 11.0. The molecule has 0 amide bonds. The van der Waals surface area contributed by atoms with Crippen LogP contribution in [0.3, 0.4) is 0 Å². The van der Waals surface area contributed by atoms with Gasteiger partial charge in [-0.2, -0.15) is 0 Å². The molecule has 0 aliphatic heterocycles. The predicted octanol–water partition coefficient (Wildman–Crippen LogP) is 0.432. The Morgan fingerprint density at radius 2 is 1.50 bits per heavy atom. The minimum absolute atomic E-state index is 0.188. The first-order chi connectivity index (χ1) is 12.4. The van der Waals surface area contributed by atoms with Crippen LogP contribution in [0.4, 0.5) is 5.69 Å². The second kappa shape index (κ2) is 9.07. The van der Waals surface area contributed by atoms with Crippen molar-refractivity contribution in [3.05, 3.63) is 54.6 Å². The number of rotatable bonds is 9. The number of carboxylic acids is 1. The molecule has 0 bridgehead atoms. The first-order valence-corrected chi connectivity index (χ1v) is 7.73. The number of carbonyl (C=O) groups excluding carboxylic acids is 1. The van der Waals surface area contributed by atoms with Crippen molar-refractivity contribution in [1.82, 2.24) is 0 Å². The molecule has 0 aliphatic rings. The average molecular weight is 361 g/mol. The zero-order valence-electron chi connectivity index (χ0n) is 13.6. The van der Waals surface area contributed by atoms with Crippen LogP contribution in [0, 0.1) is 0 Å². The van der Waals surface area contributed by atoms with Gasteiger partial charge in [0, 0.05) is 0 Å². The van der Waals surface area contributed by atoms with E-state index in [2.05, 4.69) is 5.48 Å². The van der Waals surface area contributed by atoms with Gasteiger partial charge < -0.3 is 25.2 Å². The molecule has 2 aromatic carbocycles. The summed E-state index contributed by atoms with van der Waals surface area (Å²) in [5.74, 6) is -1.73. The second-order valence-corrected chi connectivity index (χ2v) is 5.53. The summed E-state index contributed by atoms with van der Waals surface area (Å²) in [6.07, 6.45) is -7.68. The van der Waals surface area contributed by atoms with Crippen molar-refractivity contribution in [2.75, 3.05) is 5.48 Å². The minimum atomic E-state index is -2.25. The predicted molar refractivity (Wildman–Crippen MR) is 92.1 cm³/mol. The van der Waals surface area contributed by atoms with Gasteiger partial charge in [0.05, 0.1) is 5.69 Å². The molecule has 2 aromatic rings. The van der Waals surface area contributed by atoms with Crippen molar-refractivity contribution in [3.63, 3.8) is 0 Å². The van der Waals surface area contributed by atoms with Crippen molar-refractivity contribution in [1.29, 1.82) is 0 Å². The largest absolute Gasteiger partial charge is 0.479 e. The van der Waals surface area contributed by atoms with Crippen LogP contribution in [0.5, 0.6) is 0 Å². The van der Waals surface area contributed by atoms with Gasteiger partial charge in [-0.1, -0.05) is 42.5 Å². The van der Waals surface area contributed by atoms with E-state index in [0.717, 1.165) is 11.1 Å². The fourth-order valence-electron chi connectivity index (χ4n) is 2.20. The Bertz CT molecular complexity index is 720. The lowest BCUT2D eigenvalue weighted by Crippen LogP contribution is -2.49. The number of benzene rings is 2. The standard InChI is InChI=1S/C18H19NO7/c20-10-14(15(21)16(22)17(23)18(24)25)26-19-13-8-6-12(7-9-13)11-4-2-1-3-5-11/h1-10,14-17,19,21-23H,(H,24,25)/t14-,15+,16-,17-/m0/s1. The highest BCUT2D eigenvalue weighted by Crippen LogP contribution is 2.21. The maximum Gasteiger partial charge on any atom is 0.335 e. The molecule has 26 heavy (non-hydrogen) atoms. The summed E-state index contributed by atoms with van der Waals surface area (Å²) in [5, 5.41) is 37.2. The molecule has 0 saturated carbocycles. The lowest BCUT2D eigenvalue weighted by molar-refractivity contribution is -0.165. The summed E-state index contributed by atoms with van der Waals surface area (Å²) >= 11 is 0. The van der Waals surface area contributed by atoms with Crippen LogP contribution in [-0.4, -0.2) is 57.1 Å². The highest BCUT2D eigenvalue weighted by Gasteiger charge is 2.36. The maximum atomic E-state index is 11.0. The van der Waals surface area contributed by atoms with E-state index >= 15 is 0 Å². The third kappa shape index (κ3) is 4.87. The van der Waals surface area contributed by atoms with Crippen LogP contribution >= 0.6 is 0 Å². The highest BCUT2D eigenvalue weighted by molar-refractivity contribution is 5.73. The van der Waals surface area contributed by atoms with Gasteiger partial charge in [-0.25, -0.2) is 4.79 Å². The molecule has 0 unspecified atom stereocenters. The zero-order chi connectivity index (χ0) is 19.1. The van der Waals surface area contributed by atoms with Gasteiger partial charge in [0.25, 0.3) is 0 Å². The molecule has 8 heteroatoms. The quantitative estimate of drug-likeness (QED) is 0.320. The van der Waals surface area contributed by atoms with Crippen molar-refractivity contribution in [3.8, 4) is 11.1 Å². The average Bonchev–Trinajstić information content (AvgIpc) is 2.68. The van der Waals surface area contributed by atoms with Gasteiger partial charge in [-0.05, 0) is 23.3 Å². The second-order valence-electron chi connectivity index (χ2n) is 5.53. The summed E-state index contributed by atoms with van der Waals surface area (Å²) in [7, 11) is 0. The van der Waals surface area contributed by atoms with E-state index in [9.17, 15) is 24.9 Å². The molecule has 2 rings (SSSR count). The summed E-state index contributed by atoms with van der Waals surface area (Å²) in [4.78, 5) is 26.7. The molecule has 0 fully saturated rings. The number of carboxylic acid groups (broad SMARTS) is 1. The van der Waals surface area contributed by atoms with Crippen LogP contribution in [-0.2, 0) is 14.4 Å². The number of hydrogen-bond acceptors (Lipinski definition) is 7. The lowest BCUT2D eigenvalue weighted by Gasteiger charge is -2.24. The number of aldehydes is 1. The third-order valence-corrected chi connectivity index (χ3v) is 3.70. The van der Waals surface area contributed by atoms with Crippen molar-refractivity contribution >= 4 is 17.9 Å². The topological polar surface area (TPSA) is 136 Å². The Morgan fingerprint density at radius 1 is 0.923 bits per heavy atom. The van der Waals surface area contributed by atoms with E-state index in [1.165, 1.54) is 0 Å². The van der Waals surface area contributed by atoms with E-state index in [-0.39, 0.29) is 6.29 Å². The van der Waals surface area contributed by atoms with Gasteiger partial charge in [-0.15, -0.1) is 0 Å². The van der Waals surface area contributed by atoms with Gasteiger partial charge >= 0.3 is 5.97 Å². The zero-order valence-corrected chi connectivity index (χ0v) is 13.6. The van der Waals surface area contributed by atoms with Crippen LogP contribution in [0.15, 0.2) is 54.6 Å². The number of aliphatic carboxylic acids is 1. The summed E-state index contributed by atoms with van der Waals surface area (Å²) in [5.41, 5.74) is 4.90. The Balaban J connectivity index is 1.97. The van der Waals surface area contributed by atoms with Crippen molar-refractivity contribution in [2.45, 2.75) is 24.4 Å². The number of aliphatic hydroxyl groups is 3. The Hall–Kier alpha value is -2.78. The molecule has 0 heterocycles. The SMILES string of the molecule is O=C[C@H](ONc1ccc(-c2ccccc2)cc1)[C@@H](O)[C@H](O)[C@H](O)C(=O)O.